The van der Waals surface area contributed by atoms with Crippen LogP contribution in [0.1, 0.15) is 24.0 Å². The number of benzene rings is 2. The van der Waals surface area contributed by atoms with E-state index in [2.05, 4.69) is 97.9 Å². The highest BCUT2D eigenvalue weighted by molar-refractivity contribution is 9.11. The number of ether oxygens (including phenoxy) is 2. The summed E-state index contributed by atoms with van der Waals surface area (Å²) in [6, 6.07) is 10.0. The van der Waals surface area contributed by atoms with Gasteiger partial charge in [0.15, 0.2) is 0 Å². The lowest BCUT2D eigenvalue weighted by Gasteiger charge is -2.17. The van der Waals surface area contributed by atoms with Crippen molar-refractivity contribution in [2.45, 2.75) is 25.4 Å². The molecule has 2 aromatic rings. The molecule has 0 bridgehead atoms. The Balaban J connectivity index is 0.00000123. The fraction of sp³-hybridized carbons (Fsp3) is 0.467. The smallest absolute Gasteiger partial charge is 0.490 e. The largest absolute Gasteiger partial charge is 0.492 e. The van der Waals surface area contributed by atoms with Crippen LogP contribution in [0.5, 0.6) is 11.5 Å². The molecule has 0 saturated carbocycles. The summed E-state index contributed by atoms with van der Waals surface area (Å²) in [7, 11) is 10.0. The van der Waals surface area contributed by atoms with Gasteiger partial charge in [-0.1, -0.05) is 6.07 Å². The highest BCUT2D eigenvalue weighted by atomic mass is 79.9. The normalized spacial score (nSPS) is 11.5. The zero-order valence-electron chi connectivity index (χ0n) is 25.4. The molecule has 2 aromatic carbocycles. The number of carboxylic acids is 1. The van der Waals surface area contributed by atoms with E-state index in [-0.39, 0.29) is 5.91 Å². The zero-order valence-corrected chi connectivity index (χ0v) is 30.1. The van der Waals surface area contributed by atoms with Crippen molar-refractivity contribution in [2.75, 3.05) is 68.1 Å². The third-order valence-electron chi connectivity index (χ3n) is 5.79. The minimum atomic E-state index is -5.08. The molecule has 2 rings (SSSR count). The Bertz CT molecular complexity index is 1220. The molecule has 0 heterocycles. The third-order valence-corrected chi connectivity index (χ3v) is 7.59. The topological polar surface area (TPSA) is 82.6 Å². The molecule has 0 unspecified atom stereocenters. The summed E-state index contributed by atoms with van der Waals surface area (Å²) in [5.41, 5.74) is 2.17. The lowest BCUT2D eigenvalue weighted by atomic mass is 10.1. The standard InChI is InChI=1S/C28H38Br3N3O3.C2HF3O2/c1-32(2)13-6-16-36-26-10-8-21(18-23(26)29)9-11-27(35)34(5)14-7-17-37-28-24(30)19-22(20-25(28)31)12-15-33(3)4;3-2(4,5)1(6)7/h8-11,18-20H,6-7,12-17H2,1-5H3;(H,6,7)/b11-9+;. The molecule has 1 N–H and O–H groups in total. The number of amides is 1. The summed E-state index contributed by atoms with van der Waals surface area (Å²) in [6.45, 7) is 3.75. The number of aliphatic carboxylic acids is 1. The summed E-state index contributed by atoms with van der Waals surface area (Å²) >= 11 is 10.8. The molecule has 0 spiro atoms. The molecule has 8 nitrogen and oxygen atoms in total. The molecule has 0 aromatic heterocycles. The van der Waals surface area contributed by atoms with Crippen LogP contribution in [0, 0.1) is 0 Å². The Morgan fingerprint density at radius 2 is 1.39 bits per heavy atom. The molecule has 0 aliphatic carbocycles. The minimum absolute atomic E-state index is 0.0484. The van der Waals surface area contributed by atoms with Crippen molar-refractivity contribution >= 4 is 65.7 Å². The van der Waals surface area contributed by atoms with E-state index >= 15 is 0 Å². The monoisotopic (exact) mass is 815 g/mol. The molecular formula is C30H39Br3F3N3O5. The van der Waals surface area contributed by atoms with Crippen molar-refractivity contribution in [1.29, 1.82) is 0 Å². The van der Waals surface area contributed by atoms with Crippen LogP contribution in [0.25, 0.3) is 6.08 Å². The van der Waals surface area contributed by atoms with E-state index in [0.29, 0.717) is 19.8 Å². The number of halogens is 6. The maximum atomic E-state index is 12.6. The van der Waals surface area contributed by atoms with Crippen molar-refractivity contribution in [2.24, 2.45) is 0 Å². The van der Waals surface area contributed by atoms with Gasteiger partial charge in [-0.25, -0.2) is 4.79 Å². The molecule has 0 aliphatic rings. The van der Waals surface area contributed by atoms with Crippen molar-refractivity contribution in [3.05, 3.63) is 61.0 Å². The molecular weight excluding hydrogens is 779 g/mol. The van der Waals surface area contributed by atoms with Gasteiger partial charge in [0.1, 0.15) is 11.5 Å². The van der Waals surface area contributed by atoms with Gasteiger partial charge in [0.05, 0.1) is 26.6 Å². The highest BCUT2D eigenvalue weighted by Crippen LogP contribution is 2.35. The molecule has 246 valence electrons. The maximum absolute atomic E-state index is 12.6. The number of hydrogen-bond donors (Lipinski definition) is 1. The third kappa shape index (κ3) is 16.3. The van der Waals surface area contributed by atoms with E-state index < -0.39 is 12.1 Å². The van der Waals surface area contributed by atoms with Gasteiger partial charge in [0.2, 0.25) is 5.91 Å². The summed E-state index contributed by atoms with van der Waals surface area (Å²) in [5.74, 6) is -1.21. The van der Waals surface area contributed by atoms with E-state index in [1.165, 1.54) is 5.56 Å². The number of carbonyl (C=O) groups is 2. The second-order valence-corrected chi connectivity index (χ2v) is 12.8. The van der Waals surface area contributed by atoms with Crippen LogP contribution < -0.4 is 9.47 Å². The number of carboxylic acid groups (broad SMARTS) is 1. The highest BCUT2D eigenvalue weighted by Gasteiger charge is 2.38. The van der Waals surface area contributed by atoms with Crippen LogP contribution in [0.3, 0.4) is 0 Å². The van der Waals surface area contributed by atoms with E-state index in [9.17, 15) is 18.0 Å². The maximum Gasteiger partial charge on any atom is 0.490 e. The number of likely N-dealkylation sites (N-methyl/N-ethyl adjacent to an activating group) is 2. The molecule has 0 aliphatic heterocycles. The van der Waals surface area contributed by atoms with Crippen molar-refractivity contribution in [3.8, 4) is 11.5 Å². The van der Waals surface area contributed by atoms with Gasteiger partial charge in [-0.05, 0) is 137 Å². The van der Waals surface area contributed by atoms with Crippen molar-refractivity contribution < 1.29 is 37.3 Å². The van der Waals surface area contributed by atoms with Gasteiger partial charge < -0.3 is 29.3 Å². The summed E-state index contributed by atoms with van der Waals surface area (Å²) < 4.78 is 46.3. The lowest BCUT2D eigenvalue weighted by molar-refractivity contribution is -0.192. The molecule has 44 heavy (non-hydrogen) atoms. The quantitative estimate of drug-likeness (QED) is 0.154. The van der Waals surface area contributed by atoms with E-state index in [0.717, 1.165) is 62.8 Å². The van der Waals surface area contributed by atoms with Crippen LogP contribution in [0.4, 0.5) is 13.2 Å². The Kier molecular flexibility index (Phi) is 18.2. The van der Waals surface area contributed by atoms with Crippen LogP contribution in [0.15, 0.2) is 49.8 Å². The number of hydrogen-bond acceptors (Lipinski definition) is 6. The number of alkyl halides is 3. The first-order chi connectivity index (χ1) is 20.5. The fourth-order valence-electron chi connectivity index (χ4n) is 3.43. The summed E-state index contributed by atoms with van der Waals surface area (Å²) in [4.78, 5) is 27.5. The van der Waals surface area contributed by atoms with Gasteiger partial charge in [-0.3, -0.25) is 4.79 Å². The van der Waals surface area contributed by atoms with E-state index in [4.69, 9.17) is 19.4 Å². The van der Waals surface area contributed by atoms with Gasteiger partial charge in [-0.15, -0.1) is 0 Å². The summed E-state index contributed by atoms with van der Waals surface area (Å²) in [5, 5.41) is 7.12. The van der Waals surface area contributed by atoms with Gasteiger partial charge in [0, 0.05) is 32.8 Å². The SMILES string of the molecule is CN(C)CCCOc1ccc(/C=C/C(=O)N(C)CCCOc2c(Br)cc(CCN(C)C)cc2Br)cc1Br.O=C(O)C(F)(F)F. The predicted molar refractivity (Wildman–Crippen MR) is 177 cm³/mol. The first kappa shape index (κ1) is 39.9. The molecule has 1 amide bonds. The van der Waals surface area contributed by atoms with Crippen molar-refractivity contribution in [3.63, 3.8) is 0 Å². The predicted octanol–water partition coefficient (Wildman–Crippen LogP) is 6.98. The van der Waals surface area contributed by atoms with Gasteiger partial charge in [0.25, 0.3) is 0 Å². The second kappa shape index (κ2) is 20.1. The van der Waals surface area contributed by atoms with Crippen LogP contribution >= 0.6 is 47.8 Å². The Morgan fingerprint density at radius 3 is 1.91 bits per heavy atom. The zero-order chi connectivity index (χ0) is 33.4. The van der Waals surface area contributed by atoms with Gasteiger partial charge in [-0.2, -0.15) is 13.2 Å². The molecule has 0 radical (unpaired) electrons. The number of rotatable bonds is 15. The van der Waals surface area contributed by atoms with E-state index in [1.807, 2.05) is 24.3 Å². The van der Waals surface area contributed by atoms with Crippen LogP contribution in [-0.4, -0.2) is 106 Å². The van der Waals surface area contributed by atoms with Gasteiger partial charge >= 0.3 is 12.1 Å². The minimum Gasteiger partial charge on any atom is -0.492 e. The first-order valence-corrected chi connectivity index (χ1v) is 15.9. The van der Waals surface area contributed by atoms with Crippen LogP contribution in [0.2, 0.25) is 0 Å². The van der Waals surface area contributed by atoms with Crippen LogP contribution in [-0.2, 0) is 16.0 Å². The van der Waals surface area contributed by atoms with Crippen molar-refractivity contribution in [1.82, 2.24) is 14.7 Å². The molecule has 0 fully saturated rings. The first-order valence-electron chi connectivity index (χ1n) is 13.6. The number of carbonyl (C=O) groups excluding carboxylic acids is 1. The Labute approximate surface area is 282 Å². The number of nitrogens with zero attached hydrogens (tertiary/aromatic N) is 3. The fourth-order valence-corrected chi connectivity index (χ4v) is 5.45. The molecule has 14 heteroatoms. The second-order valence-electron chi connectivity index (χ2n) is 10.2. The average Bonchev–Trinajstić information content (AvgIpc) is 2.92. The Hall–Kier alpha value is -2.13. The summed E-state index contributed by atoms with van der Waals surface area (Å²) in [6.07, 6.45) is 0.992. The lowest BCUT2D eigenvalue weighted by Crippen LogP contribution is -2.26. The Morgan fingerprint density at radius 1 is 0.841 bits per heavy atom. The molecule has 0 atom stereocenters. The average molecular weight is 818 g/mol. The van der Waals surface area contributed by atoms with E-state index in [1.54, 1.807) is 18.0 Å². The molecule has 0 saturated heterocycles.